The lowest BCUT2D eigenvalue weighted by Crippen LogP contribution is -2.37. The van der Waals surface area contributed by atoms with Crippen LogP contribution >= 0.6 is 0 Å². The molecule has 3 heteroatoms. The summed E-state index contributed by atoms with van der Waals surface area (Å²) in [5, 5.41) is 9.07. The van der Waals surface area contributed by atoms with Gasteiger partial charge in [0.1, 0.15) is 5.92 Å². The lowest BCUT2D eigenvalue weighted by molar-refractivity contribution is -0.134. The van der Waals surface area contributed by atoms with Gasteiger partial charge in [0.25, 0.3) is 0 Å². The highest BCUT2D eigenvalue weighted by atomic mass is 16.2. The maximum absolute atomic E-state index is 12.2. The predicted molar refractivity (Wildman–Crippen MR) is 68.2 cm³/mol. The van der Waals surface area contributed by atoms with Gasteiger partial charge in [-0.15, -0.1) is 0 Å². The van der Waals surface area contributed by atoms with E-state index in [0.717, 1.165) is 32.4 Å². The van der Waals surface area contributed by atoms with E-state index >= 15 is 0 Å². The van der Waals surface area contributed by atoms with Crippen molar-refractivity contribution in [2.45, 2.75) is 47.0 Å². The van der Waals surface area contributed by atoms with Crippen LogP contribution in [-0.4, -0.2) is 23.9 Å². The first-order chi connectivity index (χ1) is 7.99. The smallest absolute Gasteiger partial charge is 0.240 e. The summed E-state index contributed by atoms with van der Waals surface area (Å²) in [6, 6.07) is 2.15. The van der Waals surface area contributed by atoms with E-state index in [1.165, 1.54) is 0 Å². The zero-order valence-corrected chi connectivity index (χ0v) is 11.5. The zero-order valence-electron chi connectivity index (χ0n) is 11.5. The Hall–Kier alpha value is -1.04. The van der Waals surface area contributed by atoms with Crippen LogP contribution < -0.4 is 0 Å². The molecule has 1 fully saturated rings. The maximum Gasteiger partial charge on any atom is 0.240 e. The molecule has 0 aliphatic carbocycles. The molecule has 1 unspecified atom stereocenters. The monoisotopic (exact) mass is 236 g/mol. The van der Waals surface area contributed by atoms with Crippen molar-refractivity contribution in [3.63, 3.8) is 0 Å². The van der Waals surface area contributed by atoms with Gasteiger partial charge in [0.2, 0.25) is 5.91 Å². The Bertz CT molecular complexity index is 313. The fourth-order valence-electron chi connectivity index (χ4n) is 2.64. The molecule has 1 amide bonds. The van der Waals surface area contributed by atoms with E-state index in [4.69, 9.17) is 5.26 Å². The number of hydrogen-bond donors (Lipinski definition) is 0. The quantitative estimate of drug-likeness (QED) is 0.753. The molecule has 1 rings (SSSR count). The Kier molecular flexibility index (Phi) is 4.56. The summed E-state index contributed by atoms with van der Waals surface area (Å²) < 4.78 is 0. The molecule has 0 aromatic carbocycles. The molecule has 1 heterocycles. The third-order valence-electron chi connectivity index (χ3n) is 4.32. The first kappa shape index (κ1) is 14.0. The van der Waals surface area contributed by atoms with Crippen molar-refractivity contribution >= 4 is 5.91 Å². The highest BCUT2D eigenvalue weighted by molar-refractivity contribution is 5.81. The third kappa shape index (κ3) is 2.80. The van der Waals surface area contributed by atoms with Crippen LogP contribution in [0.3, 0.4) is 0 Å². The molecule has 96 valence electrons. The van der Waals surface area contributed by atoms with Crippen molar-refractivity contribution in [3.8, 4) is 6.07 Å². The fraction of sp³-hybridized carbons (Fsp3) is 0.857. The molecule has 1 aliphatic heterocycles. The summed E-state index contributed by atoms with van der Waals surface area (Å²) in [6.07, 6.45) is 3.32. The van der Waals surface area contributed by atoms with Gasteiger partial charge in [0, 0.05) is 13.1 Å². The molecule has 0 bridgehead atoms. The topological polar surface area (TPSA) is 44.1 Å². The Labute approximate surface area is 105 Å². The van der Waals surface area contributed by atoms with E-state index in [2.05, 4.69) is 19.9 Å². The fourth-order valence-corrected chi connectivity index (χ4v) is 2.64. The van der Waals surface area contributed by atoms with Crippen LogP contribution in [0.25, 0.3) is 0 Å². The van der Waals surface area contributed by atoms with E-state index < -0.39 is 5.92 Å². The minimum atomic E-state index is -0.473. The maximum atomic E-state index is 12.2. The third-order valence-corrected chi connectivity index (χ3v) is 4.32. The normalized spacial score (nSPS) is 20.4. The van der Waals surface area contributed by atoms with Gasteiger partial charge in [-0.05, 0) is 30.6 Å². The molecule has 0 spiro atoms. The van der Waals surface area contributed by atoms with Gasteiger partial charge < -0.3 is 4.90 Å². The number of nitriles is 1. The second kappa shape index (κ2) is 5.53. The lowest BCUT2D eigenvalue weighted by Gasteiger charge is -2.27. The number of carbonyl (C=O) groups is 1. The number of hydrogen-bond acceptors (Lipinski definition) is 2. The SMILES string of the molecule is CCC1(CC)CCN(C(=O)C(C#N)C(C)C)C1. The van der Waals surface area contributed by atoms with Gasteiger partial charge in [-0.2, -0.15) is 5.26 Å². The minimum absolute atomic E-state index is 0.0336. The van der Waals surface area contributed by atoms with Crippen molar-refractivity contribution in [1.29, 1.82) is 5.26 Å². The first-order valence-electron chi connectivity index (χ1n) is 6.68. The Morgan fingerprint density at radius 1 is 1.41 bits per heavy atom. The van der Waals surface area contributed by atoms with Crippen molar-refractivity contribution in [2.75, 3.05) is 13.1 Å². The van der Waals surface area contributed by atoms with Crippen molar-refractivity contribution in [2.24, 2.45) is 17.3 Å². The molecule has 1 atom stereocenters. The summed E-state index contributed by atoms with van der Waals surface area (Å²) in [6.45, 7) is 9.93. The second-order valence-electron chi connectivity index (χ2n) is 5.57. The van der Waals surface area contributed by atoms with E-state index in [-0.39, 0.29) is 11.8 Å². The molecule has 0 aromatic heterocycles. The van der Waals surface area contributed by atoms with Crippen LogP contribution in [0.1, 0.15) is 47.0 Å². The van der Waals surface area contributed by atoms with E-state index in [9.17, 15) is 4.79 Å². The number of rotatable bonds is 4. The van der Waals surface area contributed by atoms with Gasteiger partial charge in [0.15, 0.2) is 0 Å². The van der Waals surface area contributed by atoms with Crippen LogP contribution in [0.15, 0.2) is 0 Å². The van der Waals surface area contributed by atoms with Gasteiger partial charge in [-0.3, -0.25) is 4.79 Å². The summed E-state index contributed by atoms with van der Waals surface area (Å²) in [7, 11) is 0. The standard InChI is InChI=1S/C14H24N2O/c1-5-14(6-2)7-8-16(10-14)13(17)12(9-15)11(3)4/h11-12H,5-8,10H2,1-4H3. The number of amides is 1. The molecule has 0 saturated carbocycles. The van der Waals surface area contributed by atoms with Gasteiger partial charge in [-0.1, -0.05) is 27.7 Å². The second-order valence-corrected chi connectivity index (χ2v) is 5.57. The Balaban J connectivity index is 2.71. The molecular weight excluding hydrogens is 212 g/mol. The highest BCUT2D eigenvalue weighted by Crippen LogP contribution is 2.37. The number of carbonyl (C=O) groups excluding carboxylic acids is 1. The lowest BCUT2D eigenvalue weighted by atomic mass is 9.82. The van der Waals surface area contributed by atoms with Crippen molar-refractivity contribution < 1.29 is 4.79 Å². The summed E-state index contributed by atoms with van der Waals surface area (Å²) in [5.41, 5.74) is 0.298. The van der Waals surface area contributed by atoms with E-state index in [1.807, 2.05) is 18.7 Å². The van der Waals surface area contributed by atoms with Crippen LogP contribution in [0.5, 0.6) is 0 Å². The first-order valence-corrected chi connectivity index (χ1v) is 6.68. The molecule has 0 radical (unpaired) electrons. The zero-order chi connectivity index (χ0) is 13.1. The summed E-state index contributed by atoms with van der Waals surface area (Å²) in [4.78, 5) is 14.1. The van der Waals surface area contributed by atoms with Crippen LogP contribution in [0.4, 0.5) is 0 Å². The predicted octanol–water partition coefficient (Wildman–Crippen LogP) is 2.82. The summed E-state index contributed by atoms with van der Waals surface area (Å²) in [5.74, 6) is -0.337. The average Bonchev–Trinajstić information content (AvgIpc) is 2.74. The largest absolute Gasteiger partial charge is 0.341 e. The van der Waals surface area contributed by atoms with Crippen molar-refractivity contribution in [1.82, 2.24) is 4.90 Å². The van der Waals surface area contributed by atoms with Crippen LogP contribution in [0, 0.1) is 28.6 Å². The molecule has 1 saturated heterocycles. The number of likely N-dealkylation sites (tertiary alicyclic amines) is 1. The van der Waals surface area contributed by atoms with Gasteiger partial charge in [-0.25, -0.2) is 0 Å². The molecular formula is C14H24N2O. The Morgan fingerprint density at radius 2 is 2.00 bits per heavy atom. The average molecular weight is 236 g/mol. The summed E-state index contributed by atoms with van der Waals surface area (Å²) >= 11 is 0. The number of nitrogens with zero attached hydrogens (tertiary/aromatic N) is 2. The molecule has 3 nitrogen and oxygen atoms in total. The van der Waals surface area contributed by atoms with E-state index in [1.54, 1.807) is 0 Å². The Morgan fingerprint density at radius 3 is 2.35 bits per heavy atom. The molecule has 0 aromatic rings. The molecule has 1 aliphatic rings. The minimum Gasteiger partial charge on any atom is -0.341 e. The van der Waals surface area contributed by atoms with Crippen LogP contribution in [0.2, 0.25) is 0 Å². The van der Waals surface area contributed by atoms with E-state index in [0.29, 0.717) is 5.41 Å². The van der Waals surface area contributed by atoms with Crippen LogP contribution in [-0.2, 0) is 4.79 Å². The molecule has 0 N–H and O–H groups in total. The highest BCUT2D eigenvalue weighted by Gasteiger charge is 2.39. The molecule has 17 heavy (non-hydrogen) atoms. The van der Waals surface area contributed by atoms with Crippen molar-refractivity contribution in [3.05, 3.63) is 0 Å². The van der Waals surface area contributed by atoms with Gasteiger partial charge >= 0.3 is 0 Å². The van der Waals surface area contributed by atoms with Gasteiger partial charge in [0.05, 0.1) is 6.07 Å².